The fourth-order valence-electron chi connectivity index (χ4n) is 2.88. The van der Waals surface area contributed by atoms with E-state index in [-0.39, 0.29) is 43.7 Å². The summed E-state index contributed by atoms with van der Waals surface area (Å²) in [5.74, 6) is 0.0956. The molecule has 0 saturated heterocycles. The van der Waals surface area contributed by atoms with Crippen LogP contribution in [0.25, 0.3) is 0 Å². The van der Waals surface area contributed by atoms with Crippen molar-refractivity contribution in [3.63, 3.8) is 0 Å². The Morgan fingerprint density at radius 1 is 1.07 bits per heavy atom. The number of amides is 3. The lowest BCUT2D eigenvalue weighted by Gasteiger charge is -2.29. The van der Waals surface area contributed by atoms with Gasteiger partial charge >= 0.3 is 0 Å². The first-order chi connectivity index (χ1) is 13.1. The number of nitrogens with zero attached hydrogens (tertiary/aromatic N) is 1. The molecule has 2 N–H and O–H groups in total. The fraction of sp³-hybridized carbons (Fsp3) is 0.250. The Kier molecular flexibility index (Phi) is 5.71. The van der Waals surface area contributed by atoms with Crippen molar-refractivity contribution in [2.45, 2.75) is 12.8 Å². The number of fused-ring (bicyclic) bond motifs is 1. The van der Waals surface area contributed by atoms with Gasteiger partial charge in [-0.15, -0.1) is 0 Å². The maximum absolute atomic E-state index is 12.4. The average molecular weight is 367 g/mol. The van der Waals surface area contributed by atoms with E-state index in [1.54, 1.807) is 42.3 Å². The summed E-state index contributed by atoms with van der Waals surface area (Å²) in [5.41, 5.74) is 2.00. The molecule has 140 valence electrons. The molecule has 1 aliphatic heterocycles. The molecule has 0 atom stereocenters. The molecule has 7 heteroatoms. The highest BCUT2D eigenvalue weighted by molar-refractivity contribution is 5.99. The minimum absolute atomic E-state index is 0.0341. The van der Waals surface area contributed by atoms with Crippen molar-refractivity contribution in [1.82, 2.24) is 5.32 Å². The number of ether oxygens (including phenoxy) is 1. The Morgan fingerprint density at radius 2 is 1.81 bits per heavy atom. The maximum atomic E-state index is 12.4. The molecule has 0 bridgehead atoms. The van der Waals surface area contributed by atoms with Crippen molar-refractivity contribution in [2.24, 2.45) is 0 Å². The van der Waals surface area contributed by atoms with Crippen LogP contribution >= 0.6 is 0 Å². The highest BCUT2D eigenvalue weighted by Gasteiger charge is 2.25. The van der Waals surface area contributed by atoms with Crippen molar-refractivity contribution >= 4 is 29.1 Å². The number of rotatable bonds is 6. The average Bonchev–Trinajstić information content (AvgIpc) is 2.68. The van der Waals surface area contributed by atoms with Gasteiger partial charge in [0.1, 0.15) is 5.75 Å². The molecule has 0 saturated carbocycles. The molecule has 7 nitrogen and oxygen atoms in total. The standard InChI is InChI=1S/C20H21N3O4/c1-21-19(25)12-14-6-2-3-7-15(14)22-18(24)10-11-23-16-8-4-5-9-17(16)27-13-20(23)26/h2-9H,10-13H2,1H3,(H,21,25)(H,22,24). The van der Waals surface area contributed by atoms with E-state index in [4.69, 9.17) is 4.74 Å². The summed E-state index contributed by atoms with van der Waals surface area (Å²) in [7, 11) is 1.57. The van der Waals surface area contributed by atoms with Crippen LogP contribution in [0, 0.1) is 0 Å². The van der Waals surface area contributed by atoms with E-state index in [2.05, 4.69) is 10.6 Å². The summed E-state index contributed by atoms with van der Waals surface area (Å²) < 4.78 is 5.40. The number of para-hydroxylation sites is 3. The summed E-state index contributed by atoms with van der Waals surface area (Å²) in [4.78, 5) is 37.8. The number of likely N-dealkylation sites (N-methyl/N-ethyl adjacent to an activating group) is 1. The van der Waals surface area contributed by atoms with Crippen molar-refractivity contribution in [3.8, 4) is 5.75 Å². The Morgan fingerprint density at radius 3 is 2.63 bits per heavy atom. The molecular weight excluding hydrogens is 346 g/mol. The zero-order chi connectivity index (χ0) is 19.2. The number of hydrogen-bond acceptors (Lipinski definition) is 4. The van der Waals surface area contributed by atoms with Gasteiger partial charge < -0.3 is 20.3 Å². The molecule has 1 aliphatic rings. The van der Waals surface area contributed by atoms with Crippen LogP contribution in [0.5, 0.6) is 5.75 Å². The zero-order valence-electron chi connectivity index (χ0n) is 15.0. The molecule has 2 aromatic carbocycles. The lowest BCUT2D eigenvalue weighted by molar-refractivity contribution is -0.122. The third-order valence-corrected chi connectivity index (χ3v) is 4.29. The van der Waals surface area contributed by atoms with E-state index >= 15 is 0 Å². The number of anilines is 2. The molecular formula is C20H21N3O4. The van der Waals surface area contributed by atoms with E-state index in [0.29, 0.717) is 17.1 Å². The second-order valence-electron chi connectivity index (χ2n) is 6.11. The van der Waals surface area contributed by atoms with Gasteiger partial charge in [0.2, 0.25) is 11.8 Å². The number of hydrogen-bond donors (Lipinski definition) is 2. The Bertz CT molecular complexity index is 866. The fourth-order valence-corrected chi connectivity index (χ4v) is 2.88. The first-order valence-corrected chi connectivity index (χ1v) is 8.69. The molecule has 0 spiro atoms. The topological polar surface area (TPSA) is 87.7 Å². The monoisotopic (exact) mass is 367 g/mol. The van der Waals surface area contributed by atoms with Crippen LogP contribution in [0.15, 0.2) is 48.5 Å². The minimum Gasteiger partial charge on any atom is -0.482 e. The predicted molar refractivity (Wildman–Crippen MR) is 102 cm³/mol. The highest BCUT2D eigenvalue weighted by atomic mass is 16.5. The first-order valence-electron chi connectivity index (χ1n) is 8.69. The van der Waals surface area contributed by atoms with Gasteiger partial charge in [0.15, 0.2) is 6.61 Å². The van der Waals surface area contributed by atoms with Crippen LogP contribution in [-0.4, -0.2) is 37.9 Å². The molecule has 3 rings (SSSR count). The SMILES string of the molecule is CNC(=O)Cc1ccccc1NC(=O)CCN1C(=O)COc2ccccc21. The Labute approximate surface area is 157 Å². The quantitative estimate of drug-likeness (QED) is 0.814. The van der Waals surface area contributed by atoms with Gasteiger partial charge in [0.25, 0.3) is 5.91 Å². The zero-order valence-corrected chi connectivity index (χ0v) is 15.0. The van der Waals surface area contributed by atoms with E-state index in [9.17, 15) is 14.4 Å². The van der Waals surface area contributed by atoms with Crippen molar-refractivity contribution in [3.05, 3.63) is 54.1 Å². The first kappa shape index (κ1) is 18.4. The van der Waals surface area contributed by atoms with E-state index in [1.165, 1.54) is 0 Å². The number of nitrogens with one attached hydrogen (secondary N) is 2. The maximum Gasteiger partial charge on any atom is 0.265 e. The van der Waals surface area contributed by atoms with Crippen LogP contribution in [0.4, 0.5) is 11.4 Å². The minimum atomic E-state index is -0.226. The third kappa shape index (κ3) is 4.44. The Balaban J connectivity index is 1.64. The van der Waals surface area contributed by atoms with Gasteiger partial charge in [-0.1, -0.05) is 30.3 Å². The molecule has 3 amide bonds. The normalized spacial score (nSPS) is 12.8. The lowest BCUT2D eigenvalue weighted by Crippen LogP contribution is -2.40. The van der Waals surface area contributed by atoms with E-state index in [0.717, 1.165) is 5.56 Å². The third-order valence-electron chi connectivity index (χ3n) is 4.29. The molecule has 0 fully saturated rings. The van der Waals surface area contributed by atoms with Gasteiger partial charge in [0, 0.05) is 25.7 Å². The highest BCUT2D eigenvalue weighted by Crippen LogP contribution is 2.31. The van der Waals surface area contributed by atoms with Crippen LogP contribution < -0.4 is 20.3 Å². The van der Waals surface area contributed by atoms with E-state index < -0.39 is 0 Å². The smallest absolute Gasteiger partial charge is 0.265 e. The van der Waals surface area contributed by atoms with Gasteiger partial charge in [-0.3, -0.25) is 14.4 Å². The van der Waals surface area contributed by atoms with Gasteiger partial charge in [-0.2, -0.15) is 0 Å². The van der Waals surface area contributed by atoms with Crippen molar-refractivity contribution < 1.29 is 19.1 Å². The number of carbonyl (C=O) groups is 3. The molecule has 1 heterocycles. The molecule has 2 aromatic rings. The van der Waals surface area contributed by atoms with Crippen molar-refractivity contribution in [1.29, 1.82) is 0 Å². The second kappa shape index (κ2) is 8.35. The molecule has 0 aliphatic carbocycles. The largest absolute Gasteiger partial charge is 0.482 e. The summed E-state index contributed by atoms with van der Waals surface area (Å²) in [6, 6.07) is 14.4. The van der Waals surface area contributed by atoms with Crippen molar-refractivity contribution in [2.75, 3.05) is 30.4 Å². The molecule has 27 heavy (non-hydrogen) atoms. The van der Waals surface area contributed by atoms with Crippen LogP contribution in [-0.2, 0) is 20.8 Å². The summed E-state index contributed by atoms with van der Waals surface area (Å²) in [6.45, 7) is 0.219. The van der Waals surface area contributed by atoms with E-state index in [1.807, 2.05) is 18.2 Å². The predicted octanol–water partition coefficient (Wildman–Crippen LogP) is 1.73. The molecule has 0 aromatic heterocycles. The van der Waals surface area contributed by atoms with Gasteiger partial charge in [-0.05, 0) is 23.8 Å². The summed E-state index contributed by atoms with van der Waals surface area (Å²) in [5, 5.41) is 5.40. The summed E-state index contributed by atoms with van der Waals surface area (Å²) in [6.07, 6.45) is 0.316. The summed E-state index contributed by atoms with van der Waals surface area (Å²) >= 11 is 0. The molecule has 0 radical (unpaired) electrons. The number of benzene rings is 2. The van der Waals surface area contributed by atoms with Crippen LogP contribution in [0.3, 0.4) is 0 Å². The second-order valence-corrected chi connectivity index (χ2v) is 6.11. The van der Waals surface area contributed by atoms with Crippen LogP contribution in [0.1, 0.15) is 12.0 Å². The Hall–Kier alpha value is -3.35. The lowest BCUT2D eigenvalue weighted by atomic mass is 10.1. The number of carbonyl (C=O) groups excluding carboxylic acids is 3. The van der Waals surface area contributed by atoms with Crippen LogP contribution in [0.2, 0.25) is 0 Å². The van der Waals surface area contributed by atoms with Gasteiger partial charge in [-0.25, -0.2) is 0 Å². The van der Waals surface area contributed by atoms with Gasteiger partial charge in [0.05, 0.1) is 12.1 Å². The molecule has 0 unspecified atom stereocenters.